The number of nitrogens with one attached hydrogen (secondary N) is 1. The minimum atomic E-state index is -3.62. The van der Waals surface area contributed by atoms with Gasteiger partial charge in [-0.25, -0.2) is 8.42 Å². The van der Waals surface area contributed by atoms with Crippen LogP contribution in [0.1, 0.15) is 45.6 Å². The van der Waals surface area contributed by atoms with Gasteiger partial charge in [0.1, 0.15) is 11.8 Å². The van der Waals surface area contributed by atoms with Gasteiger partial charge in [0.25, 0.3) is 0 Å². The molecule has 1 N–H and O–H groups in total. The van der Waals surface area contributed by atoms with E-state index in [0.717, 1.165) is 11.8 Å². The molecule has 1 atom stereocenters. The molecule has 0 fully saturated rings. The lowest BCUT2D eigenvalue weighted by atomic mass is 10.1. The number of fused-ring (bicyclic) bond motifs is 1. The van der Waals surface area contributed by atoms with E-state index in [2.05, 4.69) is 5.32 Å². The van der Waals surface area contributed by atoms with Crippen LogP contribution in [0, 0.1) is 5.92 Å². The fraction of sp³-hybridized carbons (Fsp3) is 0.500. The Hall–Kier alpha value is -3.47. The molecule has 0 saturated carbocycles. The van der Waals surface area contributed by atoms with Gasteiger partial charge in [-0.05, 0) is 48.6 Å². The van der Waals surface area contributed by atoms with Crippen LogP contribution < -0.4 is 23.8 Å². The summed E-state index contributed by atoms with van der Waals surface area (Å²) in [5.74, 6) is 1.57. The second kappa shape index (κ2) is 13.5. The summed E-state index contributed by atoms with van der Waals surface area (Å²) in [7, 11) is -2.04. The number of hydrogen-bond acceptors (Lipinski definition) is 7. The minimum Gasteiger partial charge on any atom is -0.497 e. The lowest BCUT2D eigenvalue weighted by molar-refractivity contribution is -0.141. The maximum atomic E-state index is 13.6. The summed E-state index contributed by atoms with van der Waals surface area (Å²) in [6.45, 7) is 6.83. The van der Waals surface area contributed by atoms with Crippen molar-refractivity contribution in [2.45, 2.75) is 52.6 Å². The van der Waals surface area contributed by atoms with Crippen molar-refractivity contribution in [3.63, 3.8) is 0 Å². The summed E-state index contributed by atoms with van der Waals surface area (Å²) in [6.07, 6.45) is 1.91. The van der Waals surface area contributed by atoms with Crippen LogP contribution in [-0.4, -0.2) is 64.4 Å². The molecule has 39 heavy (non-hydrogen) atoms. The Balaban J connectivity index is 1.76. The quantitative estimate of drug-likeness (QED) is 0.375. The van der Waals surface area contributed by atoms with Gasteiger partial charge < -0.3 is 24.4 Å². The molecule has 3 rings (SSSR count). The average molecular weight is 562 g/mol. The van der Waals surface area contributed by atoms with E-state index in [-0.39, 0.29) is 50.5 Å². The number of nitrogens with zero attached hydrogens (tertiary/aromatic N) is 2. The van der Waals surface area contributed by atoms with Crippen LogP contribution in [0.4, 0.5) is 5.69 Å². The summed E-state index contributed by atoms with van der Waals surface area (Å²) in [5.41, 5.74) is 1.29. The SMILES string of the molecule is CCC(C(=O)NCC(C)C)N(Cc1ccc(OC)cc1)C(=O)CCCN(c1ccc2c(c1)OCO2)S(C)(=O)=O. The number of hydrogen-bond donors (Lipinski definition) is 1. The highest BCUT2D eigenvalue weighted by Crippen LogP contribution is 2.36. The monoisotopic (exact) mass is 561 g/mol. The van der Waals surface area contributed by atoms with E-state index >= 15 is 0 Å². The Morgan fingerprint density at radius 1 is 1.08 bits per heavy atom. The molecule has 1 unspecified atom stereocenters. The molecule has 2 amide bonds. The summed E-state index contributed by atoms with van der Waals surface area (Å²) in [4.78, 5) is 28.2. The van der Waals surface area contributed by atoms with Crippen molar-refractivity contribution in [3.05, 3.63) is 48.0 Å². The second-order valence-electron chi connectivity index (χ2n) is 9.91. The van der Waals surface area contributed by atoms with Crippen LogP contribution >= 0.6 is 0 Å². The number of methoxy groups -OCH3 is 1. The van der Waals surface area contributed by atoms with E-state index in [1.165, 1.54) is 4.31 Å². The van der Waals surface area contributed by atoms with Gasteiger partial charge >= 0.3 is 0 Å². The maximum Gasteiger partial charge on any atom is 0.242 e. The van der Waals surface area contributed by atoms with E-state index in [0.29, 0.717) is 35.9 Å². The van der Waals surface area contributed by atoms with Crippen molar-refractivity contribution in [1.29, 1.82) is 0 Å². The summed E-state index contributed by atoms with van der Waals surface area (Å²) >= 11 is 0. The van der Waals surface area contributed by atoms with Gasteiger partial charge in [-0.15, -0.1) is 0 Å². The number of ether oxygens (including phenoxy) is 3. The second-order valence-corrected chi connectivity index (χ2v) is 11.8. The fourth-order valence-electron chi connectivity index (χ4n) is 4.31. The van der Waals surface area contributed by atoms with Crippen LogP contribution in [0.2, 0.25) is 0 Å². The molecule has 0 aromatic heterocycles. The molecule has 214 valence electrons. The number of rotatable bonds is 14. The standard InChI is InChI=1S/C28H39N3O7S/c1-6-24(28(33)29-17-20(2)3)30(18-21-9-12-23(36-4)13-10-21)27(32)8-7-15-31(39(5,34)35)22-11-14-25-26(16-22)38-19-37-25/h9-14,16,20,24H,6-8,15,17-19H2,1-5H3,(H,29,33). The molecule has 1 aliphatic rings. The normalized spacial score (nSPS) is 13.2. The maximum absolute atomic E-state index is 13.6. The molecule has 0 saturated heterocycles. The van der Waals surface area contributed by atoms with E-state index < -0.39 is 16.1 Å². The van der Waals surface area contributed by atoms with Crippen LogP contribution in [0.3, 0.4) is 0 Å². The third-order valence-corrected chi connectivity index (χ3v) is 7.57. The van der Waals surface area contributed by atoms with Gasteiger partial charge in [0.15, 0.2) is 11.5 Å². The van der Waals surface area contributed by atoms with Gasteiger partial charge in [0.2, 0.25) is 28.6 Å². The van der Waals surface area contributed by atoms with Crippen molar-refractivity contribution in [2.24, 2.45) is 5.92 Å². The lowest BCUT2D eigenvalue weighted by Crippen LogP contribution is -2.49. The zero-order chi connectivity index (χ0) is 28.6. The Bertz CT molecular complexity index is 1230. The number of carbonyl (C=O) groups is 2. The average Bonchev–Trinajstić information content (AvgIpc) is 3.37. The summed E-state index contributed by atoms with van der Waals surface area (Å²) in [6, 6.07) is 11.6. The van der Waals surface area contributed by atoms with Crippen molar-refractivity contribution < 1.29 is 32.2 Å². The Morgan fingerprint density at radius 3 is 2.38 bits per heavy atom. The zero-order valence-electron chi connectivity index (χ0n) is 23.3. The molecule has 10 nitrogen and oxygen atoms in total. The van der Waals surface area contributed by atoms with Gasteiger partial charge in [0, 0.05) is 32.1 Å². The molecule has 0 bridgehead atoms. The van der Waals surface area contributed by atoms with Gasteiger partial charge in [0.05, 0.1) is 19.1 Å². The van der Waals surface area contributed by atoms with Crippen LogP contribution in [0.15, 0.2) is 42.5 Å². The Kier molecular flexibility index (Phi) is 10.4. The molecule has 0 radical (unpaired) electrons. The Labute approximate surface area is 231 Å². The first-order valence-corrected chi connectivity index (χ1v) is 15.0. The first-order valence-electron chi connectivity index (χ1n) is 13.1. The highest BCUT2D eigenvalue weighted by atomic mass is 32.2. The number of benzene rings is 2. The molecule has 0 aliphatic carbocycles. The van der Waals surface area contributed by atoms with Crippen LogP contribution in [0.5, 0.6) is 17.2 Å². The number of carbonyl (C=O) groups excluding carboxylic acids is 2. The Morgan fingerprint density at radius 2 is 1.77 bits per heavy atom. The fourth-order valence-corrected chi connectivity index (χ4v) is 5.27. The zero-order valence-corrected chi connectivity index (χ0v) is 24.1. The topological polar surface area (TPSA) is 114 Å². The molecule has 1 heterocycles. The minimum absolute atomic E-state index is 0.0701. The van der Waals surface area contributed by atoms with E-state index in [1.807, 2.05) is 45.0 Å². The highest BCUT2D eigenvalue weighted by molar-refractivity contribution is 7.92. The summed E-state index contributed by atoms with van der Waals surface area (Å²) < 4.78 is 42.4. The third-order valence-electron chi connectivity index (χ3n) is 6.38. The molecular formula is C28H39N3O7S. The molecule has 1 aliphatic heterocycles. The smallest absolute Gasteiger partial charge is 0.242 e. The summed E-state index contributed by atoms with van der Waals surface area (Å²) in [5, 5.41) is 2.95. The van der Waals surface area contributed by atoms with Crippen LogP contribution in [0.25, 0.3) is 0 Å². The predicted octanol–water partition coefficient (Wildman–Crippen LogP) is 3.55. The first kappa shape index (κ1) is 30.1. The molecule has 0 spiro atoms. The van der Waals surface area contributed by atoms with Crippen molar-refractivity contribution in [2.75, 3.05) is 37.6 Å². The predicted molar refractivity (Wildman–Crippen MR) is 149 cm³/mol. The van der Waals surface area contributed by atoms with Crippen molar-refractivity contribution in [3.8, 4) is 17.2 Å². The van der Waals surface area contributed by atoms with Gasteiger partial charge in [-0.2, -0.15) is 0 Å². The molecule has 2 aromatic rings. The molecule has 2 aromatic carbocycles. The number of sulfonamides is 1. The van der Waals surface area contributed by atoms with Crippen LogP contribution in [-0.2, 0) is 26.2 Å². The molecular weight excluding hydrogens is 522 g/mol. The van der Waals surface area contributed by atoms with E-state index in [9.17, 15) is 18.0 Å². The first-order chi connectivity index (χ1) is 18.5. The number of amides is 2. The van der Waals surface area contributed by atoms with Gasteiger partial charge in [-0.1, -0.05) is 32.9 Å². The number of anilines is 1. The lowest BCUT2D eigenvalue weighted by Gasteiger charge is -2.31. The third kappa shape index (κ3) is 8.26. The van der Waals surface area contributed by atoms with Crippen molar-refractivity contribution >= 4 is 27.5 Å². The van der Waals surface area contributed by atoms with Gasteiger partial charge in [-0.3, -0.25) is 13.9 Å². The highest BCUT2D eigenvalue weighted by Gasteiger charge is 2.29. The van der Waals surface area contributed by atoms with Crippen molar-refractivity contribution in [1.82, 2.24) is 10.2 Å². The van der Waals surface area contributed by atoms with E-state index in [4.69, 9.17) is 14.2 Å². The van der Waals surface area contributed by atoms with E-state index in [1.54, 1.807) is 30.2 Å². The largest absolute Gasteiger partial charge is 0.497 e. The molecule has 11 heteroatoms.